The Kier molecular flexibility index (Phi) is 5.18. The number of hydrogen-bond acceptors (Lipinski definition) is 5. The van der Waals surface area contributed by atoms with Crippen molar-refractivity contribution in [2.75, 3.05) is 0 Å². The van der Waals surface area contributed by atoms with E-state index in [1.807, 2.05) is 0 Å². The van der Waals surface area contributed by atoms with Gasteiger partial charge in [0.15, 0.2) is 0 Å². The van der Waals surface area contributed by atoms with Gasteiger partial charge in [0, 0.05) is 22.5 Å². The first kappa shape index (κ1) is 17.6. The van der Waals surface area contributed by atoms with Gasteiger partial charge in [0.2, 0.25) is 0 Å². The average molecular weight is 400 g/mol. The third-order valence-electron chi connectivity index (χ3n) is 3.12. The summed E-state index contributed by atoms with van der Waals surface area (Å²) in [5.74, 6) is -0.341. The van der Waals surface area contributed by atoms with E-state index >= 15 is 0 Å². The molecule has 0 spiro atoms. The van der Waals surface area contributed by atoms with Crippen molar-refractivity contribution in [3.05, 3.63) is 69.0 Å². The molecule has 0 saturated heterocycles. The van der Waals surface area contributed by atoms with E-state index in [-0.39, 0.29) is 16.4 Å². The number of rotatable bonds is 4. The zero-order chi connectivity index (χ0) is 18.0. The van der Waals surface area contributed by atoms with Gasteiger partial charge < -0.3 is 13.9 Å². The number of fused-ring (bicyclic) bond motifs is 1. The van der Waals surface area contributed by atoms with Crippen LogP contribution in [0.15, 0.2) is 57.7 Å². The van der Waals surface area contributed by atoms with Crippen LogP contribution in [-0.2, 0) is 4.79 Å². The summed E-state index contributed by atoms with van der Waals surface area (Å²) in [7, 11) is 0. The summed E-state index contributed by atoms with van der Waals surface area (Å²) >= 11 is 17.6. The molecule has 1 heterocycles. The highest BCUT2D eigenvalue weighted by molar-refractivity contribution is 6.35. The van der Waals surface area contributed by atoms with Crippen molar-refractivity contribution >= 4 is 51.7 Å². The second kappa shape index (κ2) is 7.35. The van der Waals surface area contributed by atoms with Gasteiger partial charge in [0.25, 0.3) is 5.56 Å². The van der Waals surface area contributed by atoms with Crippen molar-refractivity contribution in [2.45, 2.75) is 5.56 Å². The van der Waals surface area contributed by atoms with Crippen molar-refractivity contribution in [3.8, 4) is 11.5 Å². The van der Waals surface area contributed by atoms with Crippen LogP contribution in [0.25, 0.3) is 11.0 Å². The number of halogens is 3. The van der Waals surface area contributed by atoms with Gasteiger partial charge in [-0.05, 0) is 36.4 Å². The van der Waals surface area contributed by atoms with E-state index in [1.165, 1.54) is 12.1 Å². The van der Waals surface area contributed by atoms with Crippen LogP contribution in [-0.4, -0.2) is 11.5 Å². The topological polar surface area (TPSA) is 65.7 Å². The molecule has 0 radical (unpaired) electrons. The first-order valence-corrected chi connectivity index (χ1v) is 8.13. The fourth-order valence-electron chi connectivity index (χ4n) is 2.01. The van der Waals surface area contributed by atoms with Crippen LogP contribution in [0, 0.1) is 0 Å². The summed E-state index contributed by atoms with van der Waals surface area (Å²) in [6.45, 7) is 0. The van der Waals surface area contributed by atoms with E-state index < -0.39 is 17.2 Å². The second-order valence-corrected chi connectivity index (χ2v) is 6.12. The van der Waals surface area contributed by atoms with Crippen molar-refractivity contribution in [1.29, 1.82) is 0 Å². The Morgan fingerprint density at radius 2 is 1.68 bits per heavy atom. The molecule has 3 aromatic rings. The van der Waals surface area contributed by atoms with Crippen LogP contribution in [0.3, 0.4) is 0 Å². The fraction of sp³-hybridized carbons (Fsp3) is 0.0588. The maximum atomic E-state index is 12.0. The zero-order valence-electron chi connectivity index (χ0n) is 12.4. The predicted molar refractivity (Wildman–Crippen MR) is 94.8 cm³/mol. The number of hydrogen-bond donors (Lipinski definition) is 0. The number of alkyl halides is 1. The number of carbonyl (C=O) groups excluding carboxylic acids is 1. The molecule has 0 fully saturated rings. The molecular weight excluding hydrogens is 391 g/mol. The van der Waals surface area contributed by atoms with E-state index in [0.717, 1.165) is 6.07 Å². The summed E-state index contributed by atoms with van der Waals surface area (Å²) in [5.41, 5.74) is -1.79. The lowest BCUT2D eigenvalue weighted by molar-refractivity contribution is -0.138. The summed E-state index contributed by atoms with van der Waals surface area (Å²) in [5, 5.41) is 1.28. The Balaban J connectivity index is 1.74. The monoisotopic (exact) mass is 398 g/mol. The normalized spacial score (nSPS) is 12.0. The molecule has 0 amide bonds. The van der Waals surface area contributed by atoms with Crippen LogP contribution in [0.5, 0.6) is 11.5 Å². The van der Waals surface area contributed by atoms with Crippen molar-refractivity contribution in [2.24, 2.45) is 0 Å². The lowest BCUT2D eigenvalue weighted by Gasteiger charge is -2.12. The molecule has 0 bridgehead atoms. The zero-order valence-corrected chi connectivity index (χ0v) is 14.6. The highest BCUT2D eigenvalue weighted by atomic mass is 35.5. The Bertz CT molecular complexity index is 982. The Hall–Kier alpha value is -2.21. The van der Waals surface area contributed by atoms with Gasteiger partial charge in [-0.1, -0.05) is 34.8 Å². The molecule has 0 aliphatic carbocycles. The SMILES string of the molecule is O=C(Oc1ccc2c(Cl)cc(=O)oc2c1)C(Cl)Oc1ccc(Cl)cc1. The van der Waals surface area contributed by atoms with Crippen LogP contribution >= 0.6 is 34.8 Å². The van der Waals surface area contributed by atoms with Gasteiger partial charge in [0.1, 0.15) is 17.1 Å². The molecule has 1 unspecified atom stereocenters. The lowest BCUT2D eigenvalue weighted by Crippen LogP contribution is -2.26. The molecular formula is C17H9Cl3O5. The van der Waals surface area contributed by atoms with Crippen LogP contribution < -0.4 is 15.1 Å². The minimum absolute atomic E-state index is 0.133. The molecule has 1 atom stereocenters. The summed E-state index contributed by atoms with van der Waals surface area (Å²) in [6, 6.07) is 11.9. The van der Waals surface area contributed by atoms with E-state index in [2.05, 4.69) is 0 Å². The molecule has 8 heteroatoms. The van der Waals surface area contributed by atoms with E-state index in [0.29, 0.717) is 16.2 Å². The minimum atomic E-state index is -1.37. The first-order valence-electron chi connectivity index (χ1n) is 6.94. The molecule has 1 aromatic heterocycles. The highest BCUT2D eigenvalue weighted by Gasteiger charge is 2.20. The van der Waals surface area contributed by atoms with Gasteiger partial charge in [0.05, 0.1) is 5.02 Å². The molecule has 128 valence electrons. The Morgan fingerprint density at radius 1 is 1.00 bits per heavy atom. The van der Waals surface area contributed by atoms with Crippen LogP contribution in [0.2, 0.25) is 10.0 Å². The smallest absolute Gasteiger partial charge is 0.368 e. The lowest BCUT2D eigenvalue weighted by atomic mass is 10.2. The number of ether oxygens (including phenoxy) is 2. The number of esters is 1. The maximum absolute atomic E-state index is 12.0. The predicted octanol–water partition coefficient (Wildman–Crippen LogP) is 4.65. The van der Waals surface area contributed by atoms with Gasteiger partial charge in [-0.3, -0.25) is 0 Å². The molecule has 0 saturated carbocycles. The van der Waals surface area contributed by atoms with Gasteiger partial charge >= 0.3 is 11.6 Å². The molecule has 5 nitrogen and oxygen atoms in total. The fourth-order valence-corrected chi connectivity index (χ4v) is 2.53. The number of carbonyl (C=O) groups is 1. The standard InChI is InChI=1S/C17H9Cl3O5/c18-9-1-3-10(4-2-9)23-16(20)17(22)24-11-5-6-12-13(19)8-15(21)25-14(12)7-11/h1-8,16H. The molecule has 2 aromatic carbocycles. The van der Waals surface area contributed by atoms with Crippen molar-refractivity contribution in [3.63, 3.8) is 0 Å². The Morgan fingerprint density at radius 3 is 2.40 bits per heavy atom. The maximum Gasteiger partial charge on any atom is 0.368 e. The largest absolute Gasteiger partial charge is 0.463 e. The molecule has 25 heavy (non-hydrogen) atoms. The molecule has 0 aliphatic rings. The molecule has 0 aliphatic heterocycles. The quantitative estimate of drug-likeness (QED) is 0.276. The van der Waals surface area contributed by atoms with E-state index in [4.69, 9.17) is 48.7 Å². The van der Waals surface area contributed by atoms with E-state index in [9.17, 15) is 9.59 Å². The summed E-state index contributed by atoms with van der Waals surface area (Å²) in [4.78, 5) is 23.4. The average Bonchev–Trinajstić information content (AvgIpc) is 2.56. The van der Waals surface area contributed by atoms with Crippen molar-refractivity contribution < 1.29 is 18.7 Å². The minimum Gasteiger partial charge on any atom is -0.463 e. The molecule has 0 N–H and O–H groups in total. The van der Waals surface area contributed by atoms with Gasteiger partial charge in [-0.15, -0.1) is 0 Å². The molecule has 3 rings (SSSR count). The highest BCUT2D eigenvalue weighted by Crippen LogP contribution is 2.26. The van der Waals surface area contributed by atoms with Crippen molar-refractivity contribution in [1.82, 2.24) is 0 Å². The second-order valence-electron chi connectivity index (χ2n) is 4.88. The van der Waals surface area contributed by atoms with E-state index in [1.54, 1.807) is 30.3 Å². The third kappa shape index (κ3) is 4.25. The third-order valence-corrected chi connectivity index (χ3v) is 3.95. The van der Waals surface area contributed by atoms with Gasteiger partial charge in [-0.2, -0.15) is 0 Å². The first-order chi connectivity index (χ1) is 11.9. The van der Waals surface area contributed by atoms with Gasteiger partial charge in [-0.25, -0.2) is 9.59 Å². The summed E-state index contributed by atoms with van der Waals surface area (Å²) in [6.07, 6.45) is 0. The summed E-state index contributed by atoms with van der Waals surface area (Å²) < 4.78 is 15.4. The Labute approximate surface area is 156 Å². The number of benzene rings is 2. The van der Waals surface area contributed by atoms with Crippen LogP contribution in [0.1, 0.15) is 0 Å². The van der Waals surface area contributed by atoms with Crippen LogP contribution in [0.4, 0.5) is 0 Å².